The topological polar surface area (TPSA) is 128 Å². The number of hydrogen-bond acceptors (Lipinski definition) is 7. The molecule has 4 rings (SSSR count). The molecule has 0 spiro atoms. The average molecular weight is 463 g/mol. The number of anilines is 1. The second-order valence-electron chi connectivity index (χ2n) is 7.14. The Morgan fingerprint density at radius 2 is 1.82 bits per heavy atom. The molecule has 10 heteroatoms. The smallest absolute Gasteiger partial charge is 0.253 e. The predicted molar refractivity (Wildman–Crippen MR) is 126 cm³/mol. The molecule has 1 unspecified atom stereocenters. The second-order valence-corrected chi connectivity index (χ2v) is 8.08. The van der Waals surface area contributed by atoms with E-state index in [1.807, 2.05) is 37.3 Å². The van der Waals surface area contributed by atoms with Crippen LogP contribution in [0.25, 0.3) is 11.6 Å². The normalized spacial score (nSPS) is 11.7. The van der Waals surface area contributed by atoms with E-state index >= 15 is 0 Å². The van der Waals surface area contributed by atoms with E-state index in [1.54, 1.807) is 36.4 Å². The molecule has 0 fully saturated rings. The van der Waals surface area contributed by atoms with Gasteiger partial charge in [-0.25, -0.2) is 4.68 Å². The molecule has 0 bridgehead atoms. The van der Waals surface area contributed by atoms with Crippen molar-refractivity contribution in [3.8, 4) is 11.6 Å². The van der Waals surface area contributed by atoms with E-state index in [0.717, 1.165) is 17.3 Å². The van der Waals surface area contributed by atoms with E-state index in [2.05, 4.69) is 20.8 Å². The number of carbonyl (C=O) groups is 2. The number of benzene rings is 2. The maximum atomic E-state index is 12.9. The van der Waals surface area contributed by atoms with E-state index < -0.39 is 0 Å². The third-order valence-electron chi connectivity index (χ3n) is 4.83. The largest absolute Gasteiger partial charge is 0.461 e. The van der Waals surface area contributed by atoms with Gasteiger partial charge in [-0.1, -0.05) is 54.2 Å². The van der Waals surface area contributed by atoms with Gasteiger partial charge < -0.3 is 20.9 Å². The maximum absolute atomic E-state index is 12.9. The lowest BCUT2D eigenvalue weighted by atomic mass is 10.1. The SMILES string of the molecule is CC(NC(=O)c1ccccc1NC(=O)CSc1nnc(-c2ccco2)n1N)c1ccccc1. The second kappa shape index (κ2) is 10.0. The minimum absolute atomic E-state index is 0.0316. The quantitative estimate of drug-likeness (QED) is 0.270. The predicted octanol–water partition coefficient (Wildman–Crippen LogP) is 3.47. The number of nitrogens with zero attached hydrogens (tertiary/aromatic N) is 3. The van der Waals surface area contributed by atoms with Gasteiger partial charge in [0.25, 0.3) is 5.91 Å². The van der Waals surface area contributed by atoms with Gasteiger partial charge in [0.05, 0.1) is 29.3 Å². The molecule has 168 valence electrons. The maximum Gasteiger partial charge on any atom is 0.253 e. The van der Waals surface area contributed by atoms with Crippen molar-refractivity contribution in [2.75, 3.05) is 16.9 Å². The van der Waals surface area contributed by atoms with Crippen LogP contribution >= 0.6 is 11.8 Å². The first-order valence-electron chi connectivity index (χ1n) is 10.1. The minimum atomic E-state index is -0.307. The van der Waals surface area contributed by atoms with Crippen LogP contribution in [0.2, 0.25) is 0 Å². The summed E-state index contributed by atoms with van der Waals surface area (Å²) in [5.41, 5.74) is 1.79. The molecule has 0 saturated carbocycles. The molecule has 1 atom stereocenters. The fourth-order valence-corrected chi connectivity index (χ4v) is 3.81. The lowest BCUT2D eigenvalue weighted by Crippen LogP contribution is -2.28. The number of nitrogens with two attached hydrogens (primary N) is 1. The van der Waals surface area contributed by atoms with Gasteiger partial charge >= 0.3 is 0 Å². The number of furan rings is 1. The van der Waals surface area contributed by atoms with E-state index in [1.165, 1.54) is 10.9 Å². The Labute approximate surface area is 194 Å². The van der Waals surface area contributed by atoms with Crippen molar-refractivity contribution >= 4 is 29.3 Å². The Kier molecular flexibility index (Phi) is 6.75. The number of hydrogen-bond donors (Lipinski definition) is 3. The van der Waals surface area contributed by atoms with Crippen LogP contribution in [0.4, 0.5) is 5.69 Å². The Balaban J connectivity index is 1.38. The van der Waals surface area contributed by atoms with Gasteiger partial charge in [-0.3, -0.25) is 9.59 Å². The fourth-order valence-electron chi connectivity index (χ4n) is 3.16. The zero-order valence-corrected chi connectivity index (χ0v) is 18.6. The van der Waals surface area contributed by atoms with E-state index in [-0.39, 0.29) is 23.6 Å². The van der Waals surface area contributed by atoms with Crippen LogP contribution < -0.4 is 16.5 Å². The molecular weight excluding hydrogens is 440 g/mol. The molecule has 9 nitrogen and oxygen atoms in total. The van der Waals surface area contributed by atoms with Gasteiger partial charge in [0.15, 0.2) is 5.76 Å². The number of amides is 2. The highest BCUT2D eigenvalue weighted by Crippen LogP contribution is 2.23. The monoisotopic (exact) mass is 462 g/mol. The first-order chi connectivity index (χ1) is 16.0. The molecule has 4 aromatic rings. The van der Waals surface area contributed by atoms with Gasteiger partial charge in [-0.2, -0.15) is 0 Å². The summed E-state index contributed by atoms with van der Waals surface area (Å²) in [5, 5.41) is 14.1. The van der Waals surface area contributed by atoms with Crippen LogP contribution in [0.1, 0.15) is 28.9 Å². The van der Waals surface area contributed by atoms with Gasteiger partial charge in [0, 0.05) is 0 Å². The Morgan fingerprint density at radius 3 is 2.58 bits per heavy atom. The van der Waals surface area contributed by atoms with E-state index in [0.29, 0.717) is 28.0 Å². The van der Waals surface area contributed by atoms with Crippen LogP contribution in [-0.2, 0) is 4.79 Å². The third-order valence-corrected chi connectivity index (χ3v) is 5.77. The Morgan fingerprint density at radius 1 is 1.06 bits per heavy atom. The molecule has 0 aliphatic carbocycles. The Hall–Kier alpha value is -4.05. The summed E-state index contributed by atoms with van der Waals surface area (Å²) in [6, 6.07) is 19.8. The van der Waals surface area contributed by atoms with Crippen molar-refractivity contribution in [2.24, 2.45) is 0 Å². The van der Waals surface area contributed by atoms with Crippen molar-refractivity contribution in [3.63, 3.8) is 0 Å². The summed E-state index contributed by atoms with van der Waals surface area (Å²) in [6.07, 6.45) is 1.51. The zero-order chi connectivity index (χ0) is 23.2. The van der Waals surface area contributed by atoms with Crippen molar-refractivity contribution in [1.29, 1.82) is 0 Å². The number of para-hydroxylation sites is 1. The molecule has 0 aliphatic rings. The molecule has 0 saturated heterocycles. The van der Waals surface area contributed by atoms with Crippen LogP contribution in [0, 0.1) is 0 Å². The van der Waals surface area contributed by atoms with Crippen LogP contribution in [0.3, 0.4) is 0 Å². The molecule has 0 radical (unpaired) electrons. The molecular formula is C23H22N6O3S. The number of nitrogen functional groups attached to an aromatic ring is 1. The van der Waals surface area contributed by atoms with E-state index in [9.17, 15) is 9.59 Å². The van der Waals surface area contributed by atoms with Crippen LogP contribution in [0.15, 0.2) is 82.6 Å². The number of thioether (sulfide) groups is 1. The van der Waals surface area contributed by atoms with Crippen LogP contribution in [-0.4, -0.2) is 32.4 Å². The first-order valence-corrected chi connectivity index (χ1v) is 11.1. The van der Waals surface area contributed by atoms with Crippen molar-refractivity contribution in [2.45, 2.75) is 18.1 Å². The van der Waals surface area contributed by atoms with E-state index in [4.69, 9.17) is 10.3 Å². The fraction of sp³-hybridized carbons (Fsp3) is 0.130. The molecule has 2 heterocycles. The summed E-state index contributed by atoms with van der Waals surface area (Å²) in [6.45, 7) is 1.91. The third kappa shape index (κ3) is 5.24. The summed E-state index contributed by atoms with van der Waals surface area (Å²) < 4.78 is 6.55. The van der Waals surface area contributed by atoms with Crippen molar-refractivity contribution < 1.29 is 14.0 Å². The summed E-state index contributed by atoms with van der Waals surface area (Å²) >= 11 is 1.12. The van der Waals surface area contributed by atoms with Gasteiger partial charge in [-0.05, 0) is 36.8 Å². The molecule has 2 amide bonds. The highest BCUT2D eigenvalue weighted by atomic mass is 32.2. The van der Waals surface area contributed by atoms with Gasteiger partial charge in [0.1, 0.15) is 0 Å². The van der Waals surface area contributed by atoms with Crippen molar-refractivity contribution in [3.05, 3.63) is 84.1 Å². The summed E-state index contributed by atoms with van der Waals surface area (Å²) in [7, 11) is 0. The highest BCUT2D eigenvalue weighted by molar-refractivity contribution is 7.99. The summed E-state index contributed by atoms with van der Waals surface area (Å²) in [4.78, 5) is 25.4. The zero-order valence-electron chi connectivity index (χ0n) is 17.8. The lowest BCUT2D eigenvalue weighted by Gasteiger charge is -2.16. The summed E-state index contributed by atoms with van der Waals surface area (Å²) in [5.74, 6) is 6.30. The Bertz CT molecular complexity index is 1240. The lowest BCUT2D eigenvalue weighted by molar-refractivity contribution is -0.113. The van der Waals surface area contributed by atoms with Gasteiger partial charge in [0.2, 0.25) is 16.9 Å². The molecule has 2 aromatic carbocycles. The molecule has 2 aromatic heterocycles. The number of carbonyl (C=O) groups excluding carboxylic acids is 2. The number of rotatable bonds is 8. The molecule has 4 N–H and O–H groups in total. The van der Waals surface area contributed by atoms with Gasteiger partial charge in [-0.15, -0.1) is 10.2 Å². The van der Waals surface area contributed by atoms with Crippen molar-refractivity contribution in [1.82, 2.24) is 20.2 Å². The minimum Gasteiger partial charge on any atom is -0.461 e. The number of aromatic nitrogens is 3. The first kappa shape index (κ1) is 22.2. The highest BCUT2D eigenvalue weighted by Gasteiger charge is 2.18. The average Bonchev–Trinajstić information content (AvgIpc) is 3.48. The molecule has 33 heavy (non-hydrogen) atoms. The van der Waals surface area contributed by atoms with Crippen LogP contribution in [0.5, 0.6) is 0 Å². The standard InChI is InChI=1S/C23H22N6O3S/c1-15(16-8-3-2-4-9-16)25-22(31)17-10-5-6-11-18(17)26-20(30)14-33-23-28-27-21(29(23)24)19-12-7-13-32-19/h2-13,15H,14,24H2,1H3,(H,25,31)(H,26,30). The molecule has 0 aliphatic heterocycles. The number of nitrogens with one attached hydrogen (secondary N) is 2.